The second-order valence-electron chi connectivity index (χ2n) is 23.0. The minimum Gasteiger partial charge on any atom is -0.545 e. The zero-order valence-corrected chi connectivity index (χ0v) is 54.6. The van der Waals surface area contributed by atoms with Gasteiger partial charge in [0.05, 0.1) is 34.7 Å². The molecule has 4 N–H and O–H groups in total. The topological polar surface area (TPSA) is 186 Å². The van der Waals surface area contributed by atoms with Gasteiger partial charge in [0.2, 0.25) is 0 Å². The van der Waals surface area contributed by atoms with Crippen LogP contribution < -0.4 is 10.2 Å². The quantitative estimate of drug-likeness (QED) is 0.0146. The van der Waals surface area contributed by atoms with Gasteiger partial charge < -0.3 is 40.2 Å². The molecule has 0 saturated carbocycles. The number of carboxylic acids is 2. The van der Waals surface area contributed by atoms with Crippen LogP contribution in [0.4, 0.5) is 11.4 Å². The minimum absolute atomic E-state index is 0. The number of rotatable bonds is 42. The summed E-state index contributed by atoms with van der Waals surface area (Å²) < 4.78 is 0. The van der Waals surface area contributed by atoms with Crippen LogP contribution in [0.15, 0.2) is 70.6 Å². The fourth-order valence-corrected chi connectivity index (χ4v) is 10.9. The van der Waals surface area contributed by atoms with Crippen molar-refractivity contribution in [3.05, 3.63) is 105 Å². The van der Waals surface area contributed by atoms with Crippen LogP contribution in [-0.4, -0.2) is 43.8 Å². The van der Waals surface area contributed by atoms with Crippen LogP contribution >= 0.6 is 0 Å². The molecule has 10 nitrogen and oxygen atoms in total. The molecule has 0 spiro atoms. The Morgan fingerprint density at radius 3 is 0.988 bits per heavy atom. The molecule has 0 heterocycles. The molecule has 0 bridgehead atoms. The number of aryl methyl sites for hydroxylation is 4. The zero-order chi connectivity index (χ0) is 61.0. The average molecular weight is 1200 g/mol. The number of hydrogen-bond acceptors (Lipinski definition) is 10. The number of aromatic carboxylic acids is 2. The Morgan fingerprint density at radius 1 is 0.369 bits per heavy atom. The molecular formula is C73H112N2NiO8. The van der Waals surface area contributed by atoms with Crippen LogP contribution in [0.3, 0.4) is 0 Å². The largest absolute Gasteiger partial charge is 2.00 e. The number of carbonyl (C=O) groups is 2. The molecule has 0 amide bonds. The molecule has 11 heteroatoms. The van der Waals surface area contributed by atoms with Crippen molar-refractivity contribution < 1.29 is 56.7 Å². The van der Waals surface area contributed by atoms with Gasteiger partial charge in [-0.1, -0.05) is 240 Å². The fourth-order valence-electron chi connectivity index (χ4n) is 10.9. The summed E-state index contributed by atoms with van der Waals surface area (Å²) in [6, 6.07) is 21.1. The molecule has 4 aromatic rings. The van der Waals surface area contributed by atoms with Crippen molar-refractivity contribution in [2.24, 2.45) is 9.98 Å². The van der Waals surface area contributed by atoms with Crippen LogP contribution in [0, 0.1) is 0 Å². The van der Waals surface area contributed by atoms with E-state index in [2.05, 4.69) is 76.2 Å². The molecule has 84 heavy (non-hydrogen) atoms. The van der Waals surface area contributed by atoms with Crippen LogP contribution in [0.5, 0.6) is 23.0 Å². The number of phenols is 4. The summed E-state index contributed by atoms with van der Waals surface area (Å²) in [5, 5.41) is 60.3. The minimum atomic E-state index is -1.45. The van der Waals surface area contributed by atoms with Crippen molar-refractivity contribution in [2.75, 3.05) is 0 Å². The number of carbonyl (C=O) groups excluding carboxylic acids is 2. The third-order valence-electron chi connectivity index (χ3n) is 15.5. The Kier molecular flexibility index (Phi) is 43.9. The first-order valence-corrected chi connectivity index (χ1v) is 33.1. The first-order chi connectivity index (χ1) is 40.2. The van der Waals surface area contributed by atoms with Gasteiger partial charge in [0.25, 0.3) is 0 Å². The molecule has 0 radical (unpaired) electrons. The van der Waals surface area contributed by atoms with E-state index in [1.165, 1.54) is 195 Å². The number of phenolic OH excluding ortho intramolecular Hbond substituents is 2. The van der Waals surface area contributed by atoms with Gasteiger partial charge in [-0.25, -0.2) is 0 Å². The summed E-state index contributed by atoms with van der Waals surface area (Å²) in [4.78, 5) is 32.9. The maximum absolute atomic E-state index is 11.0. The summed E-state index contributed by atoms with van der Waals surface area (Å²) in [6.45, 7) is 17.0. The standard InChI is InChI=1S/C47H78N2.2C13H18O4.Ni/c1-5-9-13-16-18-20-22-24-27-32-42-34-30-36-44(40-42)48-46(38-26-12-8-4)47(39-29-15-11-7-3)49-45-37-31-35-43(41-45)33-28-25-23-21-19-17-14-10-6-2;2*1-3-5-8-7-10(14)12(15)11(13(16)17)9(8)6-4-2;/h30-31,34-37,40-41H,5-29,32-33,38-39H2,1-4H3;2*7,14-15H,3-6H2,1-2H3,(H,16,17);/q;;;+2/p-2. The van der Waals surface area contributed by atoms with E-state index >= 15 is 0 Å². The smallest absolute Gasteiger partial charge is 0.545 e. The number of benzene rings is 4. The van der Waals surface area contributed by atoms with E-state index in [0.29, 0.717) is 36.8 Å². The molecule has 0 saturated heterocycles. The molecule has 472 valence electrons. The molecule has 4 rings (SSSR count). The molecule has 4 aromatic carbocycles. The van der Waals surface area contributed by atoms with Crippen molar-refractivity contribution >= 4 is 34.7 Å². The van der Waals surface area contributed by atoms with E-state index in [9.17, 15) is 40.2 Å². The Morgan fingerprint density at radius 2 is 0.667 bits per heavy atom. The Labute approximate surface area is 519 Å². The third-order valence-corrected chi connectivity index (χ3v) is 15.5. The number of unbranched alkanes of at least 4 members (excludes halogenated alkanes) is 21. The van der Waals surface area contributed by atoms with Gasteiger partial charge in [-0.3, -0.25) is 9.98 Å². The molecular weight excluding hydrogens is 1090 g/mol. The van der Waals surface area contributed by atoms with E-state index in [1.807, 2.05) is 27.7 Å². The Hall–Kier alpha value is -5.15. The fraction of sp³-hybridized carbons (Fsp3) is 0.616. The first-order valence-electron chi connectivity index (χ1n) is 33.1. The number of aliphatic imine (C=N–C) groups is 2. The zero-order valence-electron chi connectivity index (χ0n) is 53.6. The maximum Gasteiger partial charge on any atom is 2.00 e. The summed E-state index contributed by atoms with van der Waals surface area (Å²) in [7, 11) is 0. The van der Waals surface area contributed by atoms with Gasteiger partial charge in [0.15, 0.2) is 23.0 Å². The molecule has 0 atom stereocenters. The number of aromatic hydroxyl groups is 4. The van der Waals surface area contributed by atoms with Crippen molar-refractivity contribution in [2.45, 2.75) is 293 Å². The third kappa shape index (κ3) is 30.8. The second-order valence-corrected chi connectivity index (χ2v) is 23.0. The van der Waals surface area contributed by atoms with E-state index < -0.39 is 34.9 Å². The monoisotopic (exact) mass is 1200 g/mol. The Balaban J connectivity index is 0.000000813. The second kappa shape index (κ2) is 48.0. The summed E-state index contributed by atoms with van der Waals surface area (Å²) in [6.07, 6.45) is 43.5. The van der Waals surface area contributed by atoms with E-state index in [4.69, 9.17) is 9.98 Å². The number of hydrogen-bond donors (Lipinski definition) is 4. The molecule has 0 unspecified atom stereocenters. The van der Waals surface area contributed by atoms with Gasteiger partial charge in [0.1, 0.15) is 0 Å². The predicted molar refractivity (Wildman–Crippen MR) is 346 cm³/mol. The van der Waals surface area contributed by atoms with Gasteiger partial charge >= 0.3 is 16.5 Å². The number of nitrogens with zero attached hydrogens (tertiary/aromatic N) is 2. The van der Waals surface area contributed by atoms with E-state index in [-0.39, 0.29) is 27.6 Å². The Bertz CT molecular complexity index is 2400. The summed E-state index contributed by atoms with van der Waals surface area (Å²) in [5.41, 5.74) is 9.67. The van der Waals surface area contributed by atoms with Crippen LogP contribution in [0.1, 0.15) is 309 Å². The molecule has 0 fully saturated rings. The van der Waals surface area contributed by atoms with Crippen LogP contribution in [-0.2, 0) is 55.0 Å². The molecule has 0 aliphatic carbocycles. The van der Waals surface area contributed by atoms with Crippen molar-refractivity contribution in [1.29, 1.82) is 0 Å². The normalized spacial score (nSPS) is 11.4. The first kappa shape index (κ1) is 76.9. The SMILES string of the molecule is CCCCCCCCCCCc1cccc(N=C(CCCCC)C(CCCCCC)=Nc2cccc(CCCCCCCCCCC)c2)c1.CCCc1cc(O)c(O)c(C(=O)[O-])c1CCC.CCCc1cc(O)c(O)c(C(=O)[O-])c1CCC.[Ni+2]. The van der Waals surface area contributed by atoms with Crippen LogP contribution in [0.25, 0.3) is 0 Å². The predicted octanol–water partition coefficient (Wildman–Crippen LogP) is 19.0. The van der Waals surface area contributed by atoms with Gasteiger partial charge in [-0.05, 0) is 147 Å². The molecule has 0 aliphatic rings. The molecule has 0 aromatic heterocycles. The molecule has 0 aliphatic heterocycles. The summed E-state index contributed by atoms with van der Waals surface area (Å²) in [5.74, 6) is -4.86. The van der Waals surface area contributed by atoms with Gasteiger partial charge in [-0.2, -0.15) is 0 Å². The maximum atomic E-state index is 11.0. The average Bonchev–Trinajstić information content (AvgIpc) is 2.51. The van der Waals surface area contributed by atoms with Crippen molar-refractivity contribution in [1.82, 2.24) is 0 Å². The number of carboxylic acid groups (broad SMARTS) is 2. The van der Waals surface area contributed by atoms with E-state index in [0.717, 1.165) is 73.9 Å². The van der Waals surface area contributed by atoms with Gasteiger partial charge in [0, 0.05) is 11.1 Å². The summed E-state index contributed by atoms with van der Waals surface area (Å²) >= 11 is 0. The van der Waals surface area contributed by atoms with Crippen molar-refractivity contribution in [3.8, 4) is 23.0 Å². The van der Waals surface area contributed by atoms with E-state index in [1.54, 1.807) is 0 Å². The van der Waals surface area contributed by atoms with Crippen molar-refractivity contribution in [3.63, 3.8) is 0 Å². The van der Waals surface area contributed by atoms with Gasteiger partial charge in [-0.15, -0.1) is 0 Å². The van der Waals surface area contributed by atoms with Crippen LogP contribution in [0.2, 0.25) is 0 Å².